The molecule has 6 fully saturated rings. The molecule has 6 amide bonds. The zero-order valence-electron chi connectivity index (χ0n) is 82.5. The summed E-state index contributed by atoms with van der Waals surface area (Å²) < 4.78 is 7.29. The molecule has 14 heterocycles. The number of amides is 6. The predicted octanol–water partition coefficient (Wildman–Crippen LogP) is 13.3. The molecule has 14 N–H and O–H groups in total. The fourth-order valence-electron chi connectivity index (χ4n) is 18.1. The fraction of sp³-hybridized carbons (Fsp3) is 0.431. The minimum absolute atomic E-state index is 0.0333. The number of carbonyl (C=O) groups excluding carboxylic acids is 8. The number of hydrogen-bond acceptors (Lipinski definition) is 30. The number of anilines is 12. The molecule has 0 bridgehead atoms. The van der Waals surface area contributed by atoms with E-state index in [1.165, 1.54) is 36.8 Å². The van der Waals surface area contributed by atoms with Crippen LogP contribution in [-0.4, -0.2) is 198 Å². The van der Waals surface area contributed by atoms with Gasteiger partial charge in [-0.3, -0.25) is 57.7 Å². The van der Waals surface area contributed by atoms with Crippen LogP contribution in [0.5, 0.6) is 0 Å². The van der Waals surface area contributed by atoms with E-state index in [2.05, 4.69) is 180 Å². The van der Waals surface area contributed by atoms with E-state index in [0.717, 1.165) is 91.8 Å². The van der Waals surface area contributed by atoms with Crippen molar-refractivity contribution in [3.05, 3.63) is 227 Å². The Bertz CT molecular complexity index is 6150. The minimum atomic E-state index is -0.719. The Morgan fingerprint density at radius 2 is 0.796 bits per heavy atom. The highest BCUT2D eigenvalue weighted by molar-refractivity contribution is 6.00. The monoisotopic (exact) mass is 1930 g/mol. The van der Waals surface area contributed by atoms with Crippen LogP contribution in [0.2, 0.25) is 0 Å². The van der Waals surface area contributed by atoms with E-state index < -0.39 is 23.6 Å². The Hall–Kier alpha value is -15.5. The first-order valence-corrected chi connectivity index (χ1v) is 48.9. The van der Waals surface area contributed by atoms with Gasteiger partial charge < -0.3 is 83.6 Å². The summed E-state index contributed by atoms with van der Waals surface area (Å²) >= 11 is 0. The number of primary amides is 4. The molecule has 2 aliphatic carbocycles. The maximum Gasteiger partial charge on any atom is 0.273 e. The lowest BCUT2D eigenvalue weighted by Crippen LogP contribution is -2.54. The molecule has 0 radical (unpaired) electrons. The van der Waals surface area contributed by atoms with Gasteiger partial charge in [-0.05, 0) is 202 Å². The zero-order chi connectivity index (χ0) is 101. The summed E-state index contributed by atoms with van der Waals surface area (Å²) in [7, 11) is 3.79. The average Bonchev–Trinajstić information content (AvgIpc) is 1.65. The number of benzene rings is 2. The highest BCUT2D eigenvalue weighted by Crippen LogP contribution is 2.42. The van der Waals surface area contributed by atoms with Crippen LogP contribution in [0, 0.1) is 11.8 Å². The normalized spacial score (nSPS) is 18.9. The quantitative estimate of drug-likeness (QED) is 0.0175. The molecule has 6 aliphatic rings. The van der Waals surface area contributed by atoms with Crippen LogP contribution in [0.25, 0.3) is 0 Å². The summed E-state index contributed by atoms with van der Waals surface area (Å²) in [6.45, 7) is 24.7. The van der Waals surface area contributed by atoms with Gasteiger partial charge in [-0.2, -0.15) is 20.2 Å². The molecule has 40 heteroatoms. The largest absolute Gasteiger partial charge is 0.364 e. The van der Waals surface area contributed by atoms with Crippen molar-refractivity contribution >= 4 is 117 Å². The van der Waals surface area contributed by atoms with Gasteiger partial charge in [0.15, 0.2) is 57.6 Å². The Kier molecular flexibility index (Phi) is 32.4. The van der Waals surface area contributed by atoms with Crippen LogP contribution < -0.4 is 74.4 Å². The Morgan fingerprint density at radius 1 is 0.394 bits per heavy atom. The molecule has 2 aromatic carbocycles. The van der Waals surface area contributed by atoms with Gasteiger partial charge in [0, 0.05) is 175 Å². The van der Waals surface area contributed by atoms with Crippen molar-refractivity contribution in [1.29, 1.82) is 0 Å². The number of nitrogens with zero attached hydrogens (tertiary/aromatic N) is 22. The second-order valence-corrected chi connectivity index (χ2v) is 38.3. The standard InChI is InChI=1S/C27H33N7O2.C26H32N8O2.C25H32N8O2.C24H31N9O2/c1-3-33-16-22(13-30-33)31-27-25(26(28)36)29-14-24(32-27)34-15-18(5-4-17(34)2)12-23(35)21-10-8-20(9-11-21)19-6-7-19;1-3-33-15-21(13-28-33)29-25-23(24(27)36)31-32-26(30-25)34-14-17(5-4-16(34)2)12-22(35)20-10-8-19(9-11-20)18-6-7-18;1-15(2)20-8-6-17(11-27-20)25(35)30-18-7-5-16(3)33(14-18)21-12-28-22(23(26)34)24(31-21)29-19-9-10-32(4)13-19;1-14(2)18-8-7-16(12-26-18)23(35)28-19-6-5-10-33(15(19)3)24-29-22(20(21(25)34)30-31-24)27-17-9-11-32(4)13-17/h8-11,13-14,16-19H,3-7,12,15H2,1-2H3,(H2,28,36)(H,31,32);8-11,13,15-18H,3-7,12,14H2,1-2H3,(H2,27,36)(H,29,30,32);6,8-13,15-16,18H,5,7,14H2,1-4H3,(H2,26,34)(H,29,31)(H,30,35);7-9,11-15,19H,5-6,10H2,1-4H3,(H2,25,34)(H,28,35)(H,27,29,31)/t17-,18-;16-,17-;16-,18+;15-,19-/m0001/s1. The van der Waals surface area contributed by atoms with Crippen molar-refractivity contribution in [3.8, 4) is 0 Å². The first-order valence-electron chi connectivity index (χ1n) is 48.9. The number of hydrogen-bond donors (Lipinski definition) is 10. The van der Waals surface area contributed by atoms with Gasteiger partial charge in [0.25, 0.3) is 35.4 Å². The van der Waals surface area contributed by atoms with Crippen LogP contribution in [-0.2, 0) is 27.2 Å². The predicted molar refractivity (Wildman–Crippen MR) is 543 cm³/mol. The minimum Gasteiger partial charge on any atom is -0.364 e. The molecular weight excluding hydrogens is 1800 g/mol. The maximum absolute atomic E-state index is 13.0. The van der Waals surface area contributed by atoms with Gasteiger partial charge >= 0.3 is 0 Å². The van der Waals surface area contributed by atoms with Gasteiger partial charge in [-0.1, -0.05) is 76.2 Å². The van der Waals surface area contributed by atoms with Crippen LogP contribution in [0.1, 0.15) is 289 Å². The molecule has 0 unspecified atom stereocenters. The molecule has 744 valence electrons. The third-order valence-electron chi connectivity index (χ3n) is 26.8. The maximum atomic E-state index is 13.0. The first-order chi connectivity index (χ1) is 68.2. The molecular formula is C102H128N32O8. The fourth-order valence-corrected chi connectivity index (χ4v) is 18.1. The van der Waals surface area contributed by atoms with Gasteiger partial charge in [-0.25, -0.2) is 19.9 Å². The SMILES string of the molecule is CC(C)c1ccc(C(=O)N[C@@H]2CCCN(c3nnc(C(N)=O)c(Nc4ccn(C)c4)n3)[C@@H]2C)cn1.CC(C)c1ccc(C(=O)N[C@@H]2CC[C@H](C)N(c3cnc(C(N)=O)c(Nc4ccn(C)c4)n3)C2)cn1.CCn1cc(Nc2nc(N3C[C@H](CC(=O)c4ccc(C5CC5)cc4)CC[C@@H]3C)cnc2C(N)=O)cn1.CCn1cc(Nc2nc(N3C[C@H](CC(=O)c4ccc(C5CC5)cc4)CC[C@@H]3C)nnc2C(N)=O)cn1. The first kappa shape index (κ1) is 101. The number of aryl methyl sites for hydroxylation is 4. The second kappa shape index (κ2) is 45.6. The molecule has 0 spiro atoms. The van der Waals surface area contributed by atoms with Gasteiger partial charge in [-0.15, -0.1) is 20.4 Å². The van der Waals surface area contributed by atoms with Crippen LogP contribution in [0.4, 0.5) is 69.6 Å². The summed E-state index contributed by atoms with van der Waals surface area (Å²) in [6.07, 6.45) is 34.0. The number of aromatic nitrogens is 18. The van der Waals surface area contributed by atoms with E-state index in [1.807, 2.05) is 141 Å². The van der Waals surface area contributed by atoms with Gasteiger partial charge in [0.05, 0.1) is 58.7 Å². The number of rotatable bonds is 32. The average molecular weight is 1930 g/mol. The lowest BCUT2D eigenvalue weighted by Gasteiger charge is -2.39. The number of ketones is 2. The van der Waals surface area contributed by atoms with E-state index in [0.29, 0.717) is 127 Å². The number of carbonyl (C=O) groups is 8. The molecule has 8 atom stereocenters. The molecule has 40 nitrogen and oxygen atoms in total. The number of piperidine rings is 4. The second-order valence-electron chi connectivity index (χ2n) is 38.3. The van der Waals surface area contributed by atoms with Crippen molar-refractivity contribution in [1.82, 2.24) is 99.6 Å². The third kappa shape index (κ3) is 25.7. The molecule has 4 saturated heterocycles. The molecule has 18 rings (SSSR count). The molecule has 2 saturated carbocycles. The van der Waals surface area contributed by atoms with Crippen LogP contribution in [0.3, 0.4) is 0 Å². The van der Waals surface area contributed by atoms with Crippen molar-refractivity contribution in [2.24, 2.45) is 48.9 Å². The number of nitrogens with two attached hydrogens (primary N) is 4. The highest BCUT2D eigenvalue weighted by Gasteiger charge is 2.37. The number of pyridine rings is 2. The van der Waals surface area contributed by atoms with Crippen molar-refractivity contribution in [2.45, 2.75) is 232 Å². The summed E-state index contributed by atoms with van der Waals surface area (Å²) in [4.78, 5) is 144. The molecule has 4 aliphatic heterocycles. The zero-order valence-corrected chi connectivity index (χ0v) is 82.5. The van der Waals surface area contributed by atoms with Crippen molar-refractivity contribution in [2.75, 3.05) is 67.0 Å². The number of Topliss-reactive ketones (excluding diaryl/α,β-unsaturated/α-hetero) is 2. The van der Waals surface area contributed by atoms with E-state index in [-0.39, 0.29) is 106 Å². The van der Waals surface area contributed by atoms with E-state index >= 15 is 0 Å². The Morgan fingerprint density at radius 3 is 1.20 bits per heavy atom. The van der Waals surface area contributed by atoms with Crippen molar-refractivity contribution in [3.63, 3.8) is 0 Å². The summed E-state index contributed by atoms with van der Waals surface area (Å²) in [6, 6.07) is 27.7. The van der Waals surface area contributed by atoms with E-state index in [1.54, 1.807) is 52.6 Å². The Balaban J connectivity index is 0.000000143. The van der Waals surface area contributed by atoms with Crippen LogP contribution in [0.15, 0.2) is 159 Å². The molecule has 10 aromatic heterocycles. The van der Waals surface area contributed by atoms with Crippen molar-refractivity contribution < 1.29 is 38.4 Å². The smallest absolute Gasteiger partial charge is 0.273 e. The lowest BCUT2D eigenvalue weighted by atomic mass is 9.88. The molecule has 142 heavy (non-hydrogen) atoms. The van der Waals surface area contributed by atoms with E-state index in [4.69, 9.17) is 32.9 Å². The summed E-state index contributed by atoms with van der Waals surface area (Å²) in [5.74, 6) is 2.79. The highest BCUT2D eigenvalue weighted by atomic mass is 16.2. The lowest BCUT2D eigenvalue weighted by molar-refractivity contribution is 0.0917. The third-order valence-corrected chi connectivity index (χ3v) is 26.8. The topological polar surface area (TPSA) is 526 Å². The Labute approximate surface area is 825 Å². The summed E-state index contributed by atoms with van der Waals surface area (Å²) in [5, 5.41) is 43.8. The van der Waals surface area contributed by atoms with Gasteiger partial charge in [0.2, 0.25) is 11.9 Å². The van der Waals surface area contributed by atoms with Gasteiger partial charge in [0.1, 0.15) is 11.6 Å². The number of nitrogens with one attached hydrogen (secondary N) is 6. The molecule has 12 aromatic rings. The van der Waals surface area contributed by atoms with Crippen LogP contribution >= 0.6 is 0 Å². The van der Waals surface area contributed by atoms with E-state index in [9.17, 15) is 38.4 Å². The summed E-state index contributed by atoms with van der Waals surface area (Å²) in [5.41, 5.74) is 32.3.